The maximum Gasteiger partial charge on any atom is 0.310 e. The fraction of sp³-hybridized carbons (Fsp3) is 0.263. The molecule has 0 atom stereocenters. The molecule has 3 rings (SSSR count). The molecule has 6 heteroatoms. The topological polar surface area (TPSA) is 46.6 Å². The van der Waals surface area contributed by atoms with Crippen LogP contribution in [0.3, 0.4) is 0 Å². The van der Waals surface area contributed by atoms with E-state index in [2.05, 4.69) is 0 Å². The van der Waals surface area contributed by atoms with E-state index in [-0.39, 0.29) is 18.9 Å². The summed E-state index contributed by atoms with van der Waals surface area (Å²) in [7, 11) is 0. The van der Waals surface area contributed by atoms with Crippen LogP contribution in [0.2, 0.25) is 10.0 Å². The minimum Gasteiger partial charge on any atom is -0.455 e. The predicted octanol–water partition coefficient (Wildman–Crippen LogP) is 4.06. The highest BCUT2D eigenvalue weighted by Crippen LogP contribution is 2.26. The second kappa shape index (κ2) is 7.89. The van der Waals surface area contributed by atoms with Gasteiger partial charge in [0.15, 0.2) is 6.61 Å². The average Bonchev–Trinajstić information content (AvgIpc) is 2.61. The summed E-state index contributed by atoms with van der Waals surface area (Å²) >= 11 is 11.9. The summed E-state index contributed by atoms with van der Waals surface area (Å²) in [4.78, 5) is 26.1. The fourth-order valence-corrected chi connectivity index (χ4v) is 3.36. The van der Waals surface area contributed by atoms with E-state index in [0.717, 1.165) is 24.1 Å². The first-order valence-corrected chi connectivity index (χ1v) is 8.78. The van der Waals surface area contributed by atoms with Crippen molar-refractivity contribution in [3.05, 3.63) is 63.6 Å². The first-order valence-electron chi connectivity index (χ1n) is 8.02. The Hall–Kier alpha value is -2.04. The van der Waals surface area contributed by atoms with Crippen LogP contribution in [0.1, 0.15) is 17.5 Å². The van der Waals surface area contributed by atoms with Gasteiger partial charge in [-0.15, -0.1) is 0 Å². The summed E-state index contributed by atoms with van der Waals surface area (Å²) < 4.78 is 5.14. The molecule has 130 valence electrons. The summed E-state index contributed by atoms with van der Waals surface area (Å²) in [5.41, 5.74) is 2.66. The second-order valence-corrected chi connectivity index (χ2v) is 6.69. The maximum atomic E-state index is 12.4. The van der Waals surface area contributed by atoms with Crippen LogP contribution < -0.4 is 4.90 Å². The Bertz CT molecular complexity index is 807. The lowest BCUT2D eigenvalue weighted by molar-refractivity contribution is -0.147. The molecule has 1 amide bonds. The largest absolute Gasteiger partial charge is 0.455 e. The Labute approximate surface area is 156 Å². The second-order valence-electron chi connectivity index (χ2n) is 5.85. The molecule has 4 nitrogen and oxygen atoms in total. The predicted molar refractivity (Wildman–Crippen MR) is 98.2 cm³/mol. The number of fused-ring (bicyclic) bond motifs is 1. The zero-order valence-corrected chi connectivity index (χ0v) is 15.0. The average molecular weight is 378 g/mol. The van der Waals surface area contributed by atoms with Crippen molar-refractivity contribution in [3.8, 4) is 0 Å². The van der Waals surface area contributed by atoms with E-state index in [0.29, 0.717) is 22.2 Å². The van der Waals surface area contributed by atoms with E-state index in [4.69, 9.17) is 27.9 Å². The van der Waals surface area contributed by atoms with Crippen LogP contribution in [0.4, 0.5) is 5.69 Å². The van der Waals surface area contributed by atoms with Gasteiger partial charge in [-0.2, -0.15) is 0 Å². The van der Waals surface area contributed by atoms with Gasteiger partial charge < -0.3 is 9.64 Å². The number of para-hydroxylation sites is 1. The van der Waals surface area contributed by atoms with Gasteiger partial charge in [-0.3, -0.25) is 9.59 Å². The number of amides is 1. The van der Waals surface area contributed by atoms with Gasteiger partial charge in [0, 0.05) is 22.3 Å². The molecule has 0 unspecified atom stereocenters. The normalized spacial score (nSPS) is 13.3. The quantitative estimate of drug-likeness (QED) is 0.754. The molecule has 0 aromatic heterocycles. The number of aryl methyl sites for hydroxylation is 1. The number of benzene rings is 2. The van der Waals surface area contributed by atoms with Crippen molar-refractivity contribution in [1.29, 1.82) is 0 Å². The van der Waals surface area contributed by atoms with Gasteiger partial charge in [0.1, 0.15) is 0 Å². The monoisotopic (exact) mass is 377 g/mol. The zero-order valence-electron chi connectivity index (χ0n) is 13.5. The first-order chi connectivity index (χ1) is 12.0. The number of hydrogen-bond donors (Lipinski definition) is 0. The van der Waals surface area contributed by atoms with E-state index in [9.17, 15) is 9.59 Å². The van der Waals surface area contributed by atoms with Crippen LogP contribution in [0.25, 0.3) is 0 Å². The number of nitrogens with zero attached hydrogens (tertiary/aromatic N) is 1. The standard InChI is InChI=1S/C19H17Cl2NO3/c20-15-8-7-14(16(21)11-15)10-19(24)25-12-18(23)22-9-3-5-13-4-1-2-6-17(13)22/h1-2,4,6-8,11H,3,5,9-10,12H2. The SMILES string of the molecule is O=C(Cc1ccc(Cl)cc1Cl)OCC(=O)N1CCCc2ccccc21. The zero-order chi connectivity index (χ0) is 17.8. The number of carbonyl (C=O) groups is 2. The van der Waals surface area contributed by atoms with Gasteiger partial charge in [-0.25, -0.2) is 0 Å². The van der Waals surface area contributed by atoms with Crippen LogP contribution in [0.5, 0.6) is 0 Å². The third-order valence-corrected chi connectivity index (χ3v) is 4.70. The third kappa shape index (κ3) is 4.33. The highest BCUT2D eigenvalue weighted by atomic mass is 35.5. The lowest BCUT2D eigenvalue weighted by atomic mass is 10.0. The van der Waals surface area contributed by atoms with Crippen LogP contribution in [0, 0.1) is 0 Å². The summed E-state index contributed by atoms with van der Waals surface area (Å²) in [5, 5.41) is 0.904. The number of halogens is 2. The number of carbonyl (C=O) groups excluding carboxylic acids is 2. The summed E-state index contributed by atoms with van der Waals surface area (Å²) in [6, 6.07) is 12.7. The van der Waals surface area contributed by atoms with E-state index in [1.165, 1.54) is 0 Å². The van der Waals surface area contributed by atoms with Gasteiger partial charge in [0.2, 0.25) is 0 Å². The lowest BCUT2D eigenvalue weighted by Crippen LogP contribution is -2.38. The molecule has 0 radical (unpaired) electrons. The van der Waals surface area contributed by atoms with Crippen molar-refractivity contribution in [3.63, 3.8) is 0 Å². The molecule has 25 heavy (non-hydrogen) atoms. The molecule has 0 spiro atoms. The number of ether oxygens (including phenoxy) is 1. The smallest absolute Gasteiger partial charge is 0.310 e. The van der Waals surface area contributed by atoms with Gasteiger partial charge >= 0.3 is 5.97 Å². The molecule has 0 aliphatic carbocycles. The minimum atomic E-state index is -0.497. The molecule has 0 bridgehead atoms. The van der Waals surface area contributed by atoms with Crippen LogP contribution in [-0.2, 0) is 27.2 Å². The van der Waals surface area contributed by atoms with Crippen molar-refractivity contribution in [2.75, 3.05) is 18.1 Å². The molecule has 2 aromatic rings. The van der Waals surface area contributed by atoms with Crippen molar-refractivity contribution in [2.24, 2.45) is 0 Å². The Morgan fingerprint density at radius 1 is 1.12 bits per heavy atom. The highest BCUT2D eigenvalue weighted by molar-refractivity contribution is 6.35. The number of hydrogen-bond acceptors (Lipinski definition) is 3. The Morgan fingerprint density at radius 3 is 2.72 bits per heavy atom. The van der Waals surface area contributed by atoms with Crippen LogP contribution in [-0.4, -0.2) is 25.0 Å². The molecule has 1 heterocycles. The Kier molecular flexibility index (Phi) is 5.61. The van der Waals surface area contributed by atoms with E-state index in [1.54, 1.807) is 23.1 Å². The third-order valence-electron chi connectivity index (χ3n) is 4.12. The molecule has 1 aliphatic heterocycles. The summed E-state index contributed by atoms with van der Waals surface area (Å²) in [6.45, 7) is 0.356. The van der Waals surface area contributed by atoms with Crippen molar-refractivity contribution >= 4 is 40.8 Å². The van der Waals surface area contributed by atoms with E-state index >= 15 is 0 Å². The summed E-state index contributed by atoms with van der Waals surface area (Å²) in [5.74, 6) is -0.717. The molecule has 0 N–H and O–H groups in total. The van der Waals surface area contributed by atoms with Gasteiger partial charge in [-0.1, -0.05) is 47.5 Å². The van der Waals surface area contributed by atoms with Gasteiger partial charge in [0.05, 0.1) is 6.42 Å². The molecule has 0 saturated carbocycles. The van der Waals surface area contributed by atoms with Gasteiger partial charge in [0.25, 0.3) is 5.91 Å². The number of esters is 1. The number of anilines is 1. The highest BCUT2D eigenvalue weighted by Gasteiger charge is 2.23. The number of rotatable bonds is 4. The molecule has 0 saturated heterocycles. The molecule has 0 fully saturated rings. The van der Waals surface area contributed by atoms with Crippen molar-refractivity contribution in [2.45, 2.75) is 19.3 Å². The van der Waals surface area contributed by atoms with Crippen molar-refractivity contribution < 1.29 is 14.3 Å². The van der Waals surface area contributed by atoms with E-state index < -0.39 is 5.97 Å². The van der Waals surface area contributed by atoms with Crippen molar-refractivity contribution in [1.82, 2.24) is 0 Å². The maximum absolute atomic E-state index is 12.4. The van der Waals surface area contributed by atoms with Crippen LogP contribution >= 0.6 is 23.2 Å². The first kappa shape index (κ1) is 17.8. The lowest BCUT2D eigenvalue weighted by Gasteiger charge is -2.29. The summed E-state index contributed by atoms with van der Waals surface area (Å²) in [6.07, 6.45) is 1.85. The van der Waals surface area contributed by atoms with E-state index in [1.807, 2.05) is 24.3 Å². The minimum absolute atomic E-state index is 0.000130. The Balaban J connectivity index is 1.58. The molecular weight excluding hydrogens is 361 g/mol. The van der Waals surface area contributed by atoms with Gasteiger partial charge in [-0.05, 0) is 42.2 Å². The fourth-order valence-electron chi connectivity index (χ4n) is 2.88. The Morgan fingerprint density at radius 2 is 1.92 bits per heavy atom. The van der Waals surface area contributed by atoms with Crippen LogP contribution in [0.15, 0.2) is 42.5 Å². The molecule has 2 aromatic carbocycles. The molecule has 1 aliphatic rings. The molecular formula is C19H17Cl2NO3.